The molecule has 1 amide bonds. The molecule has 2 aliphatic rings. The molecule has 5 nitrogen and oxygen atoms in total. The summed E-state index contributed by atoms with van der Waals surface area (Å²) in [7, 11) is 0. The Hall–Kier alpha value is -2.76. The topological polar surface area (TPSA) is 58.5 Å². The SMILES string of the molecule is CCOCCC[NH2+]CC(=O)N1N=C2/C(=C/c3ccccc3)CCC[C@H]2[C@@H]1c1ccccc1. The number of nitrogens with two attached hydrogens (primary N) is 1. The van der Waals surface area contributed by atoms with E-state index in [0.717, 1.165) is 51.2 Å². The van der Waals surface area contributed by atoms with Crippen molar-refractivity contribution in [2.45, 2.75) is 38.6 Å². The molecule has 0 bridgehead atoms. The first-order valence-electron chi connectivity index (χ1n) is 11.9. The van der Waals surface area contributed by atoms with Crippen molar-refractivity contribution in [2.24, 2.45) is 11.0 Å². The van der Waals surface area contributed by atoms with Crippen molar-refractivity contribution in [2.75, 3.05) is 26.3 Å². The summed E-state index contributed by atoms with van der Waals surface area (Å²) >= 11 is 0. The summed E-state index contributed by atoms with van der Waals surface area (Å²) in [6.07, 6.45) is 6.40. The number of allylic oxidation sites excluding steroid dienone is 1. The molecule has 4 rings (SSSR count). The minimum atomic E-state index is -0.0185. The Labute approximate surface area is 191 Å². The zero-order chi connectivity index (χ0) is 22.2. The Bertz CT molecular complexity index is 940. The van der Waals surface area contributed by atoms with Crippen molar-refractivity contribution >= 4 is 17.7 Å². The van der Waals surface area contributed by atoms with Gasteiger partial charge in [-0.3, -0.25) is 4.79 Å². The number of nitrogens with zero attached hydrogens (tertiary/aromatic N) is 2. The standard InChI is InChI=1S/C27H33N3O2/c1-2-32-18-10-17-28-20-25(31)30-27(22-13-7-4-8-14-22)24-16-9-15-23(26(24)29-30)19-21-11-5-3-6-12-21/h3-8,11-14,19,24,27-28H,2,9-10,15-18,20H2,1H3/p+1/b23-19+/t24-,27+/m1/s1. The van der Waals surface area contributed by atoms with Crippen LogP contribution in [0, 0.1) is 5.92 Å². The molecule has 1 heterocycles. The number of hydrogen-bond acceptors (Lipinski definition) is 3. The fraction of sp³-hybridized carbons (Fsp3) is 0.407. The first kappa shape index (κ1) is 22.4. The Morgan fingerprint density at radius 3 is 2.66 bits per heavy atom. The van der Waals surface area contributed by atoms with E-state index in [9.17, 15) is 4.79 Å². The lowest BCUT2D eigenvalue weighted by Crippen LogP contribution is -2.86. The number of quaternary nitrogens is 1. The minimum absolute atomic E-state index is 0.0185. The van der Waals surface area contributed by atoms with Crippen LogP contribution in [0.5, 0.6) is 0 Å². The van der Waals surface area contributed by atoms with Gasteiger partial charge in [-0.15, -0.1) is 0 Å². The van der Waals surface area contributed by atoms with E-state index in [-0.39, 0.29) is 17.9 Å². The van der Waals surface area contributed by atoms with Crippen LogP contribution in [0.15, 0.2) is 71.3 Å². The largest absolute Gasteiger partial charge is 0.382 e. The van der Waals surface area contributed by atoms with Gasteiger partial charge in [0.25, 0.3) is 5.91 Å². The van der Waals surface area contributed by atoms with Crippen molar-refractivity contribution in [3.05, 3.63) is 77.4 Å². The number of benzene rings is 2. The minimum Gasteiger partial charge on any atom is -0.382 e. The molecule has 0 unspecified atom stereocenters. The average Bonchev–Trinajstić information content (AvgIpc) is 3.23. The fourth-order valence-corrected chi connectivity index (χ4v) is 4.73. The second-order valence-corrected chi connectivity index (χ2v) is 8.49. The maximum absolute atomic E-state index is 13.3. The van der Waals surface area contributed by atoms with Crippen LogP contribution in [0.25, 0.3) is 6.08 Å². The number of carbonyl (C=O) groups excluding carboxylic acids is 1. The molecule has 2 N–H and O–H groups in total. The smallest absolute Gasteiger partial charge is 0.298 e. The molecule has 1 fully saturated rings. The molecule has 0 aromatic heterocycles. The van der Waals surface area contributed by atoms with Gasteiger partial charge in [-0.1, -0.05) is 60.7 Å². The zero-order valence-electron chi connectivity index (χ0n) is 19.0. The van der Waals surface area contributed by atoms with Crippen LogP contribution in [0.3, 0.4) is 0 Å². The van der Waals surface area contributed by atoms with Gasteiger partial charge in [0.05, 0.1) is 24.9 Å². The monoisotopic (exact) mass is 432 g/mol. The maximum Gasteiger partial charge on any atom is 0.298 e. The van der Waals surface area contributed by atoms with Crippen LogP contribution in [0.4, 0.5) is 0 Å². The molecule has 168 valence electrons. The molecule has 0 spiro atoms. The lowest BCUT2D eigenvalue weighted by atomic mass is 9.77. The summed E-state index contributed by atoms with van der Waals surface area (Å²) in [5, 5.41) is 8.81. The van der Waals surface area contributed by atoms with Gasteiger partial charge in [-0.2, -0.15) is 5.10 Å². The first-order valence-corrected chi connectivity index (χ1v) is 11.9. The summed E-state index contributed by atoms with van der Waals surface area (Å²) in [6, 6.07) is 20.8. The van der Waals surface area contributed by atoms with Crippen LogP contribution in [0.1, 0.15) is 49.8 Å². The van der Waals surface area contributed by atoms with Crippen LogP contribution < -0.4 is 5.32 Å². The summed E-state index contributed by atoms with van der Waals surface area (Å²) in [6.45, 7) is 4.79. The highest BCUT2D eigenvalue weighted by molar-refractivity contribution is 6.08. The van der Waals surface area contributed by atoms with Crippen molar-refractivity contribution in [3.8, 4) is 0 Å². The normalized spacial score (nSPS) is 21.5. The second kappa shape index (κ2) is 11.2. The Balaban J connectivity index is 1.55. The summed E-state index contributed by atoms with van der Waals surface area (Å²) in [4.78, 5) is 13.3. The number of hydrogen-bond donors (Lipinski definition) is 1. The second-order valence-electron chi connectivity index (χ2n) is 8.49. The van der Waals surface area contributed by atoms with E-state index in [1.165, 1.54) is 16.7 Å². The van der Waals surface area contributed by atoms with Gasteiger partial charge in [0.15, 0.2) is 6.54 Å². The average molecular weight is 433 g/mol. The Morgan fingerprint density at radius 2 is 1.91 bits per heavy atom. The number of hydrazone groups is 1. The van der Waals surface area contributed by atoms with Crippen molar-refractivity contribution in [1.29, 1.82) is 0 Å². The van der Waals surface area contributed by atoms with Gasteiger partial charge in [0.1, 0.15) is 0 Å². The summed E-state index contributed by atoms with van der Waals surface area (Å²) in [5.41, 5.74) is 4.72. The summed E-state index contributed by atoms with van der Waals surface area (Å²) < 4.78 is 5.40. The number of carbonyl (C=O) groups is 1. The molecule has 5 heteroatoms. The quantitative estimate of drug-likeness (QED) is 0.613. The van der Waals surface area contributed by atoms with E-state index in [2.05, 4.69) is 59.9 Å². The van der Waals surface area contributed by atoms with Crippen LogP contribution >= 0.6 is 0 Å². The van der Waals surface area contributed by atoms with E-state index >= 15 is 0 Å². The third-order valence-electron chi connectivity index (χ3n) is 6.26. The third-order valence-corrected chi connectivity index (χ3v) is 6.26. The van der Waals surface area contributed by atoms with Gasteiger partial charge in [-0.05, 0) is 49.0 Å². The van der Waals surface area contributed by atoms with Crippen LogP contribution in [0.2, 0.25) is 0 Å². The van der Waals surface area contributed by atoms with E-state index in [0.29, 0.717) is 6.54 Å². The van der Waals surface area contributed by atoms with Gasteiger partial charge in [0.2, 0.25) is 0 Å². The molecular weight excluding hydrogens is 398 g/mol. The van der Waals surface area contributed by atoms with Crippen LogP contribution in [-0.2, 0) is 9.53 Å². The van der Waals surface area contributed by atoms with Crippen molar-refractivity contribution in [3.63, 3.8) is 0 Å². The Morgan fingerprint density at radius 1 is 1.16 bits per heavy atom. The lowest BCUT2D eigenvalue weighted by molar-refractivity contribution is -0.645. The number of ether oxygens (including phenoxy) is 1. The van der Waals surface area contributed by atoms with Crippen molar-refractivity contribution < 1.29 is 14.8 Å². The molecule has 0 saturated heterocycles. The van der Waals surface area contributed by atoms with E-state index in [4.69, 9.17) is 9.84 Å². The van der Waals surface area contributed by atoms with Gasteiger partial charge >= 0.3 is 0 Å². The highest BCUT2D eigenvalue weighted by Crippen LogP contribution is 2.44. The van der Waals surface area contributed by atoms with Gasteiger partial charge < -0.3 is 10.1 Å². The molecule has 2 aromatic rings. The predicted molar refractivity (Wildman–Crippen MR) is 128 cm³/mol. The zero-order valence-corrected chi connectivity index (χ0v) is 19.0. The Kier molecular flexibility index (Phi) is 7.86. The number of rotatable bonds is 9. The van der Waals surface area contributed by atoms with Crippen molar-refractivity contribution in [1.82, 2.24) is 5.01 Å². The predicted octanol–water partition coefficient (Wildman–Crippen LogP) is 3.80. The maximum atomic E-state index is 13.3. The lowest BCUT2D eigenvalue weighted by Gasteiger charge is -2.29. The molecule has 0 radical (unpaired) electrons. The van der Waals surface area contributed by atoms with E-state index in [1.807, 2.05) is 19.1 Å². The molecule has 32 heavy (non-hydrogen) atoms. The first-order chi connectivity index (χ1) is 15.8. The highest BCUT2D eigenvalue weighted by atomic mass is 16.5. The van der Waals surface area contributed by atoms with E-state index in [1.54, 1.807) is 5.01 Å². The molecule has 1 aliphatic carbocycles. The molecule has 1 aliphatic heterocycles. The molecule has 2 aromatic carbocycles. The number of fused-ring (bicyclic) bond motifs is 1. The molecule has 1 saturated carbocycles. The molecule has 2 atom stereocenters. The summed E-state index contributed by atoms with van der Waals surface area (Å²) in [5.74, 6) is 0.333. The third kappa shape index (κ3) is 5.34. The fourth-order valence-electron chi connectivity index (χ4n) is 4.73. The molecular formula is C27H34N3O2+. The van der Waals surface area contributed by atoms with Crippen LogP contribution in [-0.4, -0.2) is 42.9 Å². The highest BCUT2D eigenvalue weighted by Gasteiger charge is 2.43. The van der Waals surface area contributed by atoms with E-state index < -0.39 is 0 Å². The van der Waals surface area contributed by atoms with Gasteiger partial charge in [0, 0.05) is 18.9 Å². The number of amides is 1. The van der Waals surface area contributed by atoms with Gasteiger partial charge in [-0.25, -0.2) is 5.01 Å².